The first kappa shape index (κ1) is 26.5. The van der Waals surface area contributed by atoms with Gasteiger partial charge in [0.15, 0.2) is 0 Å². The van der Waals surface area contributed by atoms with Crippen molar-refractivity contribution in [3.63, 3.8) is 0 Å². The average molecular weight is 568 g/mol. The van der Waals surface area contributed by atoms with Gasteiger partial charge in [0.25, 0.3) is 0 Å². The first-order valence-corrected chi connectivity index (χ1v) is 17.7. The molecule has 0 saturated heterocycles. The van der Waals surface area contributed by atoms with Crippen LogP contribution in [-0.2, 0) is 5.41 Å². The molecule has 3 aromatic heterocycles. The molecule has 0 amide bonds. The lowest BCUT2D eigenvalue weighted by Crippen LogP contribution is -2.54. The van der Waals surface area contributed by atoms with Crippen LogP contribution in [0.4, 0.5) is 17.1 Å². The molecular formula is C36H37N5Si. The van der Waals surface area contributed by atoms with E-state index in [1.165, 1.54) is 54.9 Å². The minimum Gasteiger partial charge on any atom is -0.355 e. The average Bonchev–Trinajstić information content (AvgIpc) is 3.51. The van der Waals surface area contributed by atoms with Gasteiger partial charge in [-0.05, 0) is 59.5 Å². The van der Waals surface area contributed by atoms with Crippen molar-refractivity contribution in [2.45, 2.75) is 39.3 Å². The molecule has 6 heteroatoms. The molecule has 5 nitrogen and oxygen atoms in total. The number of para-hydroxylation sites is 3. The third-order valence-corrected chi connectivity index (χ3v) is 12.2. The lowest BCUT2D eigenvalue weighted by molar-refractivity contribution is 0.588. The normalized spacial score (nSPS) is 13.8. The maximum absolute atomic E-state index is 4.98. The van der Waals surface area contributed by atoms with E-state index < -0.39 is 8.07 Å². The maximum atomic E-state index is 4.98. The van der Waals surface area contributed by atoms with E-state index >= 15 is 0 Å². The molecule has 7 rings (SSSR count). The Kier molecular flexibility index (Phi) is 6.03. The van der Waals surface area contributed by atoms with Gasteiger partial charge in [-0.1, -0.05) is 81.5 Å². The van der Waals surface area contributed by atoms with Crippen LogP contribution in [0.15, 0.2) is 103 Å². The highest BCUT2D eigenvalue weighted by atomic mass is 28.3. The Morgan fingerprint density at radius 2 is 1.43 bits per heavy atom. The molecule has 0 saturated carbocycles. The van der Waals surface area contributed by atoms with Crippen LogP contribution < -0.4 is 20.3 Å². The fourth-order valence-electron chi connectivity index (χ4n) is 6.29. The van der Waals surface area contributed by atoms with Crippen molar-refractivity contribution in [3.8, 4) is 5.82 Å². The second-order valence-electron chi connectivity index (χ2n) is 13.0. The Bertz CT molecular complexity index is 1970. The Morgan fingerprint density at radius 1 is 0.714 bits per heavy atom. The summed E-state index contributed by atoms with van der Waals surface area (Å²) in [6, 6.07) is 33.2. The first-order valence-electron chi connectivity index (χ1n) is 14.7. The predicted molar refractivity (Wildman–Crippen MR) is 180 cm³/mol. The van der Waals surface area contributed by atoms with Crippen molar-refractivity contribution in [1.29, 1.82) is 0 Å². The van der Waals surface area contributed by atoms with Crippen molar-refractivity contribution in [3.05, 3.63) is 109 Å². The molecule has 0 spiro atoms. The van der Waals surface area contributed by atoms with Crippen LogP contribution >= 0.6 is 0 Å². The minimum atomic E-state index is -2.16. The molecule has 1 aliphatic heterocycles. The Hall–Kier alpha value is -4.42. The SMILES string of the molecule is CN1CN(c2ccnc([Si](C)(C)c3ccc4c5ccccc5n(-c5cc(C(C)(C)C)ccn5)c4c3)c2)c2ccccc21. The minimum absolute atomic E-state index is 0.0395. The van der Waals surface area contributed by atoms with Gasteiger partial charge in [0, 0.05) is 41.2 Å². The van der Waals surface area contributed by atoms with Gasteiger partial charge < -0.3 is 9.80 Å². The zero-order valence-corrected chi connectivity index (χ0v) is 26.3. The number of aromatic nitrogens is 3. The van der Waals surface area contributed by atoms with Crippen molar-refractivity contribution in [2.75, 3.05) is 23.5 Å². The number of nitrogens with zero attached hydrogens (tertiary/aromatic N) is 5. The van der Waals surface area contributed by atoms with Crippen LogP contribution in [-0.4, -0.2) is 36.3 Å². The summed E-state index contributed by atoms with van der Waals surface area (Å²) in [5.74, 6) is 0.960. The van der Waals surface area contributed by atoms with Crippen LogP contribution in [0.25, 0.3) is 27.6 Å². The monoisotopic (exact) mass is 567 g/mol. The number of pyridine rings is 2. The summed E-state index contributed by atoms with van der Waals surface area (Å²) < 4.78 is 2.34. The van der Waals surface area contributed by atoms with Crippen LogP contribution in [0.5, 0.6) is 0 Å². The third kappa shape index (κ3) is 4.20. The first-order chi connectivity index (χ1) is 20.1. The number of rotatable bonds is 4. The fraction of sp³-hybridized carbons (Fsp3) is 0.222. The van der Waals surface area contributed by atoms with Gasteiger partial charge in [0.2, 0.25) is 0 Å². The number of hydrogen-bond acceptors (Lipinski definition) is 4. The molecule has 0 radical (unpaired) electrons. The van der Waals surface area contributed by atoms with Crippen molar-refractivity contribution in [1.82, 2.24) is 14.5 Å². The fourth-order valence-corrected chi connectivity index (χ4v) is 8.49. The van der Waals surface area contributed by atoms with Gasteiger partial charge in [0.1, 0.15) is 13.9 Å². The van der Waals surface area contributed by atoms with Gasteiger partial charge in [-0.25, -0.2) is 4.98 Å². The van der Waals surface area contributed by atoms with E-state index in [4.69, 9.17) is 9.97 Å². The molecule has 0 fully saturated rings. The number of hydrogen-bond donors (Lipinski definition) is 0. The third-order valence-electron chi connectivity index (χ3n) is 8.87. The van der Waals surface area contributed by atoms with E-state index in [0.29, 0.717) is 0 Å². The van der Waals surface area contributed by atoms with Crippen molar-refractivity contribution >= 4 is 57.4 Å². The summed E-state index contributed by atoms with van der Waals surface area (Å²) in [6.45, 7) is 12.4. The molecule has 1 aliphatic rings. The van der Waals surface area contributed by atoms with E-state index in [1.807, 2.05) is 12.4 Å². The molecule has 0 atom stereocenters. The Balaban J connectivity index is 1.36. The lowest BCUT2D eigenvalue weighted by Gasteiger charge is -2.26. The number of benzene rings is 3. The highest BCUT2D eigenvalue weighted by molar-refractivity contribution is 7.00. The Morgan fingerprint density at radius 3 is 2.24 bits per heavy atom. The van der Waals surface area contributed by atoms with E-state index in [2.05, 4.69) is 146 Å². The summed E-state index contributed by atoms with van der Waals surface area (Å²) in [5.41, 5.74) is 7.38. The van der Waals surface area contributed by atoms with Crippen molar-refractivity contribution < 1.29 is 0 Å². The summed E-state index contributed by atoms with van der Waals surface area (Å²) in [7, 11) is -0.00970. The van der Waals surface area contributed by atoms with Gasteiger partial charge >= 0.3 is 0 Å². The predicted octanol–water partition coefficient (Wildman–Crippen LogP) is 7.24. The number of anilines is 3. The second kappa shape index (κ2) is 9.56. The standard InChI is InChI=1S/C36H37N5Si/c1-36(2,3)25-17-19-37-34(21-25)41-30-12-8-7-11-28(30)29-16-15-27(23-33(29)41)42(5,6)35-22-26(18-20-38-35)40-24-39(4)31-13-9-10-14-32(31)40/h7-23H,24H2,1-6H3. The molecular weight excluding hydrogens is 531 g/mol. The van der Waals surface area contributed by atoms with Gasteiger partial charge in [-0.2, -0.15) is 0 Å². The van der Waals surface area contributed by atoms with Crippen LogP contribution in [0.3, 0.4) is 0 Å². The van der Waals surface area contributed by atoms with E-state index in [-0.39, 0.29) is 5.41 Å². The molecule has 6 aromatic rings. The summed E-state index contributed by atoms with van der Waals surface area (Å²) in [6.07, 6.45) is 3.93. The van der Waals surface area contributed by atoms with E-state index in [0.717, 1.165) is 12.5 Å². The molecule has 0 unspecified atom stereocenters. The summed E-state index contributed by atoms with van der Waals surface area (Å²) in [5, 5.41) is 5.04. The van der Waals surface area contributed by atoms with Crippen LogP contribution in [0.2, 0.25) is 13.1 Å². The highest BCUT2D eigenvalue weighted by Gasteiger charge is 2.31. The zero-order valence-electron chi connectivity index (χ0n) is 25.3. The highest BCUT2D eigenvalue weighted by Crippen LogP contribution is 2.39. The lowest BCUT2D eigenvalue weighted by atomic mass is 9.88. The zero-order chi connectivity index (χ0) is 29.2. The maximum Gasteiger partial charge on any atom is 0.137 e. The van der Waals surface area contributed by atoms with E-state index in [1.54, 1.807) is 0 Å². The molecule has 42 heavy (non-hydrogen) atoms. The van der Waals surface area contributed by atoms with Crippen LogP contribution in [0.1, 0.15) is 26.3 Å². The summed E-state index contributed by atoms with van der Waals surface area (Å²) in [4.78, 5) is 14.5. The van der Waals surface area contributed by atoms with Crippen LogP contribution in [0, 0.1) is 0 Å². The van der Waals surface area contributed by atoms with Gasteiger partial charge in [0.05, 0.1) is 29.1 Å². The Labute approximate surface area is 249 Å². The van der Waals surface area contributed by atoms with E-state index in [9.17, 15) is 0 Å². The quantitative estimate of drug-likeness (QED) is 0.211. The molecule has 0 bridgehead atoms. The molecule has 3 aromatic carbocycles. The van der Waals surface area contributed by atoms with Crippen molar-refractivity contribution in [2.24, 2.45) is 0 Å². The smallest absolute Gasteiger partial charge is 0.137 e. The largest absolute Gasteiger partial charge is 0.355 e. The van der Waals surface area contributed by atoms with Gasteiger partial charge in [-0.15, -0.1) is 0 Å². The topological polar surface area (TPSA) is 37.2 Å². The second-order valence-corrected chi connectivity index (χ2v) is 17.4. The van der Waals surface area contributed by atoms with Gasteiger partial charge in [-0.3, -0.25) is 9.55 Å². The summed E-state index contributed by atoms with van der Waals surface area (Å²) >= 11 is 0. The number of fused-ring (bicyclic) bond motifs is 4. The molecule has 0 aliphatic carbocycles. The molecule has 210 valence electrons. The molecule has 0 N–H and O–H groups in total. The molecule has 4 heterocycles.